The lowest BCUT2D eigenvalue weighted by Crippen LogP contribution is -2.33. The molecule has 3 aromatic carbocycles. The molecule has 3 atom stereocenters. The summed E-state index contributed by atoms with van der Waals surface area (Å²) in [6.07, 6.45) is -9.64. The van der Waals surface area contributed by atoms with E-state index in [2.05, 4.69) is 10.3 Å². The highest BCUT2D eigenvalue weighted by molar-refractivity contribution is 8.00. The van der Waals surface area contributed by atoms with E-state index in [4.69, 9.17) is 16.3 Å². The molecule has 0 spiro atoms. The third kappa shape index (κ3) is 6.12. The van der Waals surface area contributed by atoms with Crippen LogP contribution in [-0.4, -0.2) is 34.6 Å². The molecule has 0 aliphatic carbocycles. The fourth-order valence-electron chi connectivity index (χ4n) is 5.56. The highest BCUT2D eigenvalue weighted by Crippen LogP contribution is 2.55. The first kappa shape index (κ1) is 32.7. The molecule has 2 N–H and O–H groups in total. The third-order valence-electron chi connectivity index (χ3n) is 7.45. The number of rotatable bonds is 6. The van der Waals surface area contributed by atoms with E-state index >= 15 is 0 Å². The summed E-state index contributed by atoms with van der Waals surface area (Å²) in [5, 5.41) is 1.22. The number of aromatic amines is 1. The van der Waals surface area contributed by atoms with E-state index in [1.165, 1.54) is 30.3 Å². The summed E-state index contributed by atoms with van der Waals surface area (Å²) in [6.45, 7) is -0.801. The Balaban J connectivity index is 1.37. The predicted octanol–water partition coefficient (Wildman–Crippen LogP) is 6.94. The zero-order chi connectivity index (χ0) is 33.8. The van der Waals surface area contributed by atoms with Crippen molar-refractivity contribution >= 4 is 63.8 Å². The summed E-state index contributed by atoms with van der Waals surface area (Å²) in [6, 6.07) is 12.5. The second-order valence-corrected chi connectivity index (χ2v) is 12.9. The number of anilines is 2. The van der Waals surface area contributed by atoms with Gasteiger partial charge in [-0.25, -0.2) is 4.90 Å². The van der Waals surface area contributed by atoms with Gasteiger partial charge in [-0.3, -0.25) is 19.2 Å². The van der Waals surface area contributed by atoms with Crippen LogP contribution in [0.5, 0.6) is 5.75 Å². The lowest BCUT2D eigenvalue weighted by molar-refractivity contribution is -0.138. The van der Waals surface area contributed by atoms with Crippen molar-refractivity contribution < 1.29 is 45.5 Å². The maximum atomic E-state index is 14.0. The van der Waals surface area contributed by atoms with E-state index in [1.807, 2.05) is 0 Å². The van der Waals surface area contributed by atoms with Gasteiger partial charge in [-0.05, 0) is 42.5 Å². The number of thiazole rings is 1. The molecule has 0 radical (unpaired) electrons. The molecule has 244 valence electrons. The van der Waals surface area contributed by atoms with Crippen LogP contribution in [0, 0.1) is 5.92 Å². The molecular formula is C30H18ClF6N3O5S2. The highest BCUT2D eigenvalue weighted by Gasteiger charge is 2.58. The SMILES string of the molecule is O=C(COc1ccc(Cl)cc1[C@@H]1c2sc(=O)[nH]c2S[C@H]2C(=O)N(c3ccccc3C(F)(F)F)C(=O)[C@@H]12)Nc1ccccc1C(F)(F)F. The molecule has 3 heterocycles. The number of H-pyrrole nitrogens is 1. The minimum atomic E-state index is -4.89. The van der Waals surface area contributed by atoms with E-state index in [0.717, 1.165) is 48.2 Å². The minimum Gasteiger partial charge on any atom is -0.483 e. The molecule has 17 heteroatoms. The topological polar surface area (TPSA) is 109 Å². The molecule has 1 fully saturated rings. The normalized spacial score (nSPS) is 19.4. The van der Waals surface area contributed by atoms with Crippen LogP contribution >= 0.6 is 34.7 Å². The van der Waals surface area contributed by atoms with Gasteiger partial charge in [0.25, 0.3) is 5.91 Å². The van der Waals surface area contributed by atoms with Crippen molar-refractivity contribution in [3.8, 4) is 5.75 Å². The second-order valence-electron chi connectivity index (χ2n) is 10.3. The van der Waals surface area contributed by atoms with Gasteiger partial charge in [-0.1, -0.05) is 59.0 Å². The summed E-state index contributed by atoms with van der Waals surface area (Å²) >= 11 is 7.85. The molecule has 2 aliphatic rings. The predicted molar refractivity (Wildman–Crippen MR) is 161 cm³/mol. The van der Waals surface area contributed by atoms with Crippen molar-refractivity contribution in [3.63, 3.8) is 0 Å². The Bertz CT molecular complexity index is 1980. The van der Waals surface area contributed by atoms with Gasteiger partial charge in [-0.2, -0.15) is 26.3 Å². The molecular weight excluding hydrogens is 696 g/mol. The van der Waals surface area contributed by atoms with Crippen LogP contribution in [0.2, 0.25) is 5.02 Å². The standard InChI is InChI=1S/C30H18ClF6N3O5S2/c31-13-9-10-19(45-12-20(41)38-17-7-3-1-5-15(17)29(32,33)34)14(11-13)21-22-24(46-25-23(21)47-28(44)39-25)27(43)40(26(22)42)18-8-4-2-6-16(18)30(35,36)37/h1-11,21-22,24H,12H2,(H,38,41)(H,39,44)/t21-,22-,24+/m0/s1. The van der Waals surface area contributed by atoms with Gasteiger partial charge in [0, 0.05) is 21.4 Å². The van der Waals surface area contributed by atoms with Crippen LogP contribution in [0.3, 0.4) is 0 Å². The van der Waals surface area contributed by atoms with Crippen LogP contribution < -0.4 is 19.8 Å². The molecule has 8 nitrogen and oxygen atoms in total. The molecule has 1 saturated heterocycles. The zero-order valence-electron chi connectivity index (χ0n) is 23.2. The number of nitrogens with zero attached hydrogens (tertiary/aromatic N) is 1. The van der Waals surface area contributed by atoms with Crippen LogP contribution in [0.4, 0.5) is 37.7 Å². The number of fused-ring (bicyclic) bond motifs is 2. The minimum absolute atomic E-state index is 0.0644. The smallest absolute Gasteiger partial charge is 0.418 e. The first-order chi connectivity index (χ1) is 22.1. The number of hydrogen-bond donors (Lipinski definition) is 2. The lowest BCUT2D eigenvalue weighted by atomic mass is 9.82. The van der Waals surface area contributed by atoms with Crippen molar-refractivity contribution in [1.82, 2.24) is 4.98 Å². The first-order valence-electron chi connectivity index (χ1n) is 13.5. The monoisotopic (exact) mass is 713 g/mol. The van der Waals surface area contributed by atoms with Crippen molar-refractivity contribution in [3.05, 3.63) is 103 Å². The van der Waals surface area contributed by atoms with Gasteiger partial charge >= 0.3 is 17.2 Å². The lowest BCUT2D eigenvalue weighted by Gasteiger charge is -2.31. The van der Waals surface area contributed by atoms with Crippen LogP contribution in [0.15, 0.2) is 76.6 Å². The third-order valence-corrected chi connectivity index (χ3v) is 10.1. The van der Waals surface area contributed by atoms with Gasteiger partial charge in [0.05, 0.1) is 33.4 Å². The molecule has 1 aromatic heterocycles. The quantitative estimate of drug-likeness (QED) is 0.166. The number of carbonyl (C=O) groups excluding carboxylic acids is 3. The number of aromatic nitrogens is 1. The molecule has 0 bridgehead atoms. The zero-order valence-corrected chi connectivity index (χ0v) is 25.6. The molecule has 0 unspecified atom stereocenters. The van der Waals surface area contributed by atoms with E-state index in [9.17, 15) is 45.5 Å². The number of carbonyl (C=O) groups is 3. The second kappa shape index (κ2) is 12.1. The molecule has 6 rings (SSSR count). The Morgan fingerprint density at radius 3 is 2.28 bits per heavy atom. The number of hydrogen-bond acceptors (Lipinski definition) is 7. The largest absolute Gasteiger partial charge is 0.483 e. The maximum absolute atomic E-state index is 14.0. The Morgan fingerprint density at radius 1 is 0.915 bits per heavy atom. The number of nitrogens with one attached hydrogen (secondary N) is 2. The van der Waals surface area contributed by atoms with Crippen LogP contribution in [0.1, 0.15) is 27.5 Å². The Morgan fingerprint density at radius 2 is 1.57 bits per heavy atom. The summed E-state index contributed by atoms with van der Waals surface area (Å²) in [5.74, 6) is -5.41. The number of alkyl halides is 6. The number of halogens is 7. The van der Waals surface area contributed by atoms with Gasteiger partial charge in [0.15, 0.2) is 6.61 Å². The summed E-state index contributed by atoms with van der Waals surface area (Å²) < 4.78 is 87.8. The number of benzene rings is 3. The molecule has 3 amide bonds. The van der Waals surface area contributed by atoms with E-state index in [-0.39, 0.29) is 26.2 Å². The van der Waals surface area contributed by atoms with Crippen molar-refractivity contribution in [1.29, 1.82) is 0 Å². The first-order valence-corrected chi connectivity index (χ1v) is 15.5. The van der Waals surface area contributed by atoms with E-state index in [0.29, 0.717) is 16.2 Å². The number of imide groups is 1. The summed E-state index contributed by atoms with van der Waals surface area (Å²) in [7, 11) is 0. The number of ether oxygens (including phenoxy) is 1. The Labute approximate surface area is 273 Å². The molecule has 2 aliphatic heterocycles. The summed E-state index contributed by atoms with van der Waals surface area (Å²) in [4.78, 5) is 55.7. The highest BCUT2D eigenvalue weighted by atomic mass is 35.5. The van der Waals surface area contributed by atoms with E-state index in [1.54, 1.807) is 0 Å². The number of thioether (sulfide) groups is 1. The van der Waals surface area contributed by atoms with Gasteiger partial charge < -0.3 is 15.0 Å². The summed E-state index contributed by atoms with van der Waals surface area (Å²) in [5.41, 5.74) is -3.32. The molecule has 47 heavy (non-hydrogen) atoms. The Kier molecular flexibility index (Phi) is 8.38. The van der Waals surface area contributed by atoms with Gasteiger partial charge in [0.2, 0.25) is 11.8 Å². The average molecular weight is 714 g/mol. The van der Waals surface area contributed by atoms with Gasteiger partial charge in [-0.15, -0.1) is 0 Å². The fourth-order valence-corrected chi connectivity index (χ4v) is 8.25. The number of para-hydroxylation sites is 2. The molecule has 4 aromatic rings. The van der Waals surface area contributed by atoms with Crippen LogP contribution in [0.25, 0.3) is 0 Å². The van der Waals surface area contributed by atoms with Crippen LogP contribution in [-0.2, 0) is 26.7 Å². The van der Waals surface area contributed by atoms with Gasteiger partial charge in [0.1, 0.15) is 11.0 Å². The van der Waals surface area contributed by atoms with E-state index < -0.39 is 81.1 Å². The van der Waals surface area contributed by atoms with Crippen molar-refractivity contribution in [2.75, 3.05) is 16.8 Å². The number of amides is 3. The average Bonchev–Trinajstić information content (AvgIpc) is 3.49. The van der Waals surface area contributed by atoms with Crippen molar-refractivity contribution in [2.24, 2.45) is 5.92 Å². The Hall–Kier alpha value is -4.28. The van der Waals surface area contributed by atoms with Crippen molar-refractivity contribution in [2.45, 2.75) is 28.5 Å². The fraction of sp³-hybridized carbons (Fsp3) is 0.200. The molecule has 0 saturated carbocycles. The maximum Gasteiger partial charge on any atom is 0.418 e.